The van der Waals surface area contributed by atoms with E-state index < -0.39 is 0 Å². The molecule has 0 saturated carbocycles. The van der Waals surface area contributed by atoms with E-state index in [4.69, 9.17) is 9.59 Å². The SMILES string of the molecule is O=COC=O.[CaH2]. The Bertz CT molecular complexity index is 38.1. The van der Waals surface area contributed by atoms with Gasteiger partial charge in [0.15, 0.2) is 0 Å². The molecule has 0 saturated heterocycles. The Hall–Kier alpha value is 0.400. The summed E-state index contributed by atoms with van der Waals surface area (Å²) in [6, 6.07) is 0. The third kappa shape index (κ3) is 8.83. The van der Waals surface area contributed by atoms with Crippen LogP contribution in [-0.2, 0) is 14.3 Å². The first-order valence-electron chi connectivity index (χ1n) is 0.943. The average molecular weight is 116 g/mol. The van der Waals surface area contributed by atoms with Gasteiger partial charge in [-0.25, -0.2) is 0 Å². The van der Waals surface area contributed by atoms with Crippen molar-refractivity contribution in [3.05, 3.63) is 0 Å². The van der Waals surface area contributed by atoms with Crippen LogP contribution in [0.2, 0.25) is 0 Å². The van der Waals surface area contributed by atoms with Gasteiger partial charge in [-0.2, -0.15) is 0 Å². The first-order chi connectivity index (χ1) is 2.41. The number of ether oxygens (including phenoxy) is 1. The van der Waals surface area contributed by atoms with Gasteiger partial charge in [-0.05, 0) is 0 Å². The predicted molar refractivity (Wildman–Crippen MR) is 21.8 cm³/mol. The van der Waals surface area contributed by atoms with Crippen LogP contribution in [-0.4, -0.2) is 50.7 Å². The molecule has 0 unspecified atom stereocenters. The Morgan fingerprint density at radius 3 is 1.50 bits per heavy atom. The predicted octanol–water partition coefficient (Wildman–Crippen LogP) is -1.60. The second-order valence-electron chi connectivity index (χ2n) is 0.329. The summed E-state index contributed by atoms with van der Waals surface area (Å²) in [6.45, 7) is 0.125. The Balaban J connectivity index is 0. The van der Waals surface area contributed by atoms with Crippen molar-refractivity contribution in [2.45, 2.75) is 0 Å². The number of rotatable bonds is 2. The molecule has 0 aliphatic heterocycles. The van der Waals surface area contributed by atoms with Gasteiger partial charge < -0.3 is 4.74 Å². The molecule has 0 N–H and O–H groups in total. The maximum absolute atomic E-state index is 8.95. The first-order valence-corrected chi connectivity index (χ1v) is 0.943. The Labute approximate surface area is 64.7 Å². The molecular formula is C2H4CaO3. The van der Waals surface area contributed by atoms with Crippen LogP contribution in [0.25, 0.3) is 0 Å². The van der Waals surface area contributed by atoms with E-state index in [9.17, 15) is 0 Å². The van der Waals surface area contributed by atoms with Crippen LogP contribution < -0.4 is 0 Å². The van der Waals surface area contributed by atoms with Gasteiger partial charge in [0.25, 0.3) is 0 Å². The van der Waals surface area contributed by atoms with E-state index in [1.165, 1.54) is 0 Å². The van der Waals surface area contributed by atoms with Crippen molar-refractivity contribution in [2.24, 2.45) is 0 Å². The summed E-state index contributed by atoms with van der Waals surface area (Å²) in [7, 11) is 0. The van der Waals surface area contributed by atoms with Crippen LogP contribution in [0.1, 0.15) is 0 Å². The zero-order chi connectivity index (χ0) is 4.12. The van der Waals surface area contributed by atoms with E-state index >= 15 is 0 Å². The van der Waals surface area contributed by atoms with Crippen molar-refractivity contribution in [3.63, 3.8) is 0 Å². The maximum atomic E-state index is 8.95. The molecule has 4 heteroatoms. The molecule has 6 heavy (non-hydrogen) atoms. The van der Waals surface area contributed by atoms with E-state index in [1.807, 2.05) is 0 Å². The fraction of sp³-hybridized carbons (Fsp3) is 0. The van der Waals surface area contributed by atoms with E-state index in [1.54, 1.807) is 0 Å². The van der Waals surface area contributed by atoms with Gasteiger partial charge in [0.05, 0.1) is 0 Å². The van der Waals surface area contributed by atoms with Crippen LogP contribution in [0, 0.1) is 0 Å². The van der Waals surface area contributed by atoms with Gasteiger partial charge in [-0.1, -0.05) is 0 Å². The number of hydrogen-bond donors (Lipinski definition) is 0. The van der Waals surface area contributed by atoms with Gasteiger partial charge in [-0.3, -0.25) is 9.59 Å². The van der Waals surface area contributed by atoms with Crippen molar-refractivity contribution >= 4 is 50.7 Å². The van der Waals surface area contributed by atoms with Crippen molar-refractivity contribution in [2.75, 3.05) is 0 Å². The number of carbonyl (C=O) groups excluding carboxylic acids is 2. The summed E-state index contributed by atoms with van der Waals surface area (Å²) >= 11 is 0. The molecule has 0 atom stereocenters. The van der Waals surface area contributed by atoms with E-state index in [0.29, 0.717) is 0 Å². The summed E-state index contributed by atoms with van der Waals surface area (Å²) in [5.41, 5.74) is 0. The third-order valence-corrected chi connectivity index (χ3v) is 0.111. The van der Waals surface area contributed by atoms with Crippen molar-refractivity contribution in [1.82, 2.24) is 0 Å². The minimum absolute atomic E-state index is 0. The summed E-state index contributed by atoms with van der Waals surface area (Å²) < 4.78 is 3.47. The molecule has 0 aromatic rings. The second-order valence-corrected chi connectivity index (χ2v) is 0.329. The summed E-state index contributed by atoms with van der Waals surface area (Å²) in [5.74, 6) is 0. The zero-order valence-corrected chi connectivity index (χ0v) is 2.38. The number of hydrogen-bond acceptors (Lipinski definition) is 3. The molecule has 0 amide bonds. The fourth-order valence-electron chi connectivity index (χ4n) is 0.0227. The molecule has 0 bridgehead atoms. The molecule has 0 aromatic carbocycles. The molecule has 0 rings (SSSR count). The van der Waals surface area contributed by atoms with Crippen molar-refractivity contribution in [3.8, 4) is 0 Å². The first kappa shape index (κ1) is 9.64. The van der Waals surface area contributed by atoms with Gasteiger partial charge in [0.2, 0.25) is 0 Å². The Morgan fingerprint density at radius 2 is 1.50 bits per heavy atom. The fourth-order valence-corrected chi connectivity index (χ4v) is 0.0227. The molecule has 0 radical (unpaired) electrons. The zero-order valence-electron chi connectivity index (χ0n) is 2.38. The molecule has 0 spiro atoms. The van der Waals surface area contributed by atoms with Crippen LogP contribution in [0.5, 0.6) is 0 Å². The summed E-state index contributed by atoms with van der Waals surface area (Å²) in [4.78, 5) is 17.9. The molecular weight excluding hydrogens is 112 g/mol. The van der Waals surface area contributed by atoms with Crippen LogP contribution in [0.15, 0.2) is 0 Å². The van der Waals surface area contributed by atoms with E-state index in [2.05, 4.69) is 4.74 Å². The Morgan fingerprint density at radius 1 is 1.17 bits per heavy atom. The topological polar surface area (TPSA) is 43.4 Å². The van der Waals surface area contributed by atoms with Gasteiger partial charge >= 0.3 is 50.7 Å². The average Bonchev–Trinajstić information content (AvgIpc) is 1.41. The molecule has 3 nitrogen and oxygen atoms in total. The Kier molecular flexibility index (Phi) is 14.5. The molecule has 0 aliphatic carbocycles. The summed E-state index contributed by atoms with van der Waals surface area (Å²) in [5, 5.41) is 0. The van der Waals surface area contributed by atoms with Crippen LogP contribution in [0.4, 0.5) is 0 Å². The monoisotopic (exact) mass is 116 g/mol. The van der Waals surface area contributed by atoms with Gasteiger partial charge in [0.1, 0.15) is 0 Å². The van der Waals surface area contributed by atoms with Crippen molar-refractivity contribution < 1.29 is 14.3 Å². The molecule has 0 aromatic heterocycles. The standard InChI is InChI=1S/C2H2O3.Ca.2H/c3-1-5-2-4;;;/h1-2H;;;. The van der Waals surface area contributed by atoms with Gasteiger partial charge in [0, 0.05) is 0 Å². The van der Waals surface area contributed by atoms with Crippen LogP contribution >= 0.6 is 0 Å². The molecule has 0 fully saturated rings. The minimum atomic E-state index is 0. The number of carbonyl (C=O) groups is 2. The van der Waals surface area contributed by atoms with Crippen LogP contribution in [0.3, 0.4) is 0 Å². The van der Waals surface area contributed by atoms with Gasteiger partial charge in [-0.15, -0.1) is 0 Å². The molecule has 0 aliphatic rings. The molecule has 32 valence electrons. The van der Waals surface area contributed by atoms with E-state index in [0.717, 1.165) is 0 Å². The third-order valence-electron chi connectivity index (χ3n) is 0.111. The van der Waals surface area contributed by atoms with Crippen molar-refractivity contribution in [1.29, 1.82) is 0 Å². The molecule has 0 heterocycles. The summed E-state index contributed by atoms with van der Waals surface area (Å²) in [6.07, 6.45) is 0. The normalized spacial score (nSPS) is 4.67. The quantitative estimate of drug-likeness (QED) is 0.248. The van der Waals surface area contributed by atoms with E-state index in [-0.39, 0.29) is 50.7 Å². The second kappa shape index (κ2) is 9.04.